The fraction of sp³-hybridized carbons (Fsp3) is 0.214. The summed E-state index contributed by atoms with van der Waals surface area (Å²) in [5.74, 6) is 1.66. The quantitative estimate of drug-likeness (QED) is 0.913. The molecule has 0 fully saturated rings. The molecular formula is C14H15BrN2O. The van der Waals surface area contributed by atoms with Crippen LogP contribution in [0, 0.1) is 0 Å². The smallest absolute Gasteiger partial charge is 0.134 e. The highest BCUT2D eigenvalue weighted by atomic mass is 79.9. The highest BCUT2D eigenvalue weighted by Gasteiger charge is 2.04. The lowest BCUT2D eigenvalue weighted by molar-refractivity contribution is 0.472. The van der Waals surface area contributed by atoms with E-state index in [-0.39, 0.29) is 0 Å². The number of nitrogens with one attached hydrogen (secondary N) is 1. The number of pyridine rings is 1. The Kier molecular flexibility index (Phi) is 4.73. The van der Waals surface area contributed by atoms with Crippen LogP contribution in [0.5, 0.6) is 11.5 Å². The molecule has 4 heteroatoms. The highest BCUT2D eigenvalue weighted by Crippen LogP contribution is 2.25. The van der Waals surface area contributed by atoms with E-state index in [1.54, 1.807) is 6.20 Å². The molecule has 0 unspecified atom stereocenters. The van der Waals surface area contributed by atoms with Gasteiger partial charge < -0.3 is 10.1 Å². The molecule has 0 saturated carbocycles. The lowest BCUT2D eigenvalue weighted by atomic mass is 10.2. The molecule has 18 heavy (non-hydrogen) atoms. The molecule has 1 N–H and O–H groups in total. The minimum absolute atomic E-state index is 0.760. The maximum absolute atomic E-state index is 5.86. The van der Waals surface area contributed by atoms with Crippen LogP contribution in [0.25, 0.3) is 0 Å². The van der Waals surface area contributed by atoms with E-state index in [1.165, 1.54) is 0 Å². The average molecular weight is 307 g/mol. The average Bonchev–Trinajstić information content (AvgIpc) is 2.40. The van der Waals surface area contributed by atoms with Crippen LogP contribution in [0.4, 0.5) is 0 Å². The van der Waals surface area contributed by atoms with Crippen LogP contribution in [0.1, 0.15) is 12.5 Å². The van der Waals surface area contributed by atoms with Crippen molar-refractivity contribution in [3.63, 3.8) is 0 Å². The zero-order valence-corrected chi connectivity index (χ0v) is 11.8. The lowest BCUT2D eigenvalue weighted by Crippen LogP contribution is -2.12. The molecule has 2 rings (SSSR count). The standard InChI is InChI=1S/C14H15BrN2O/c1-2-16-9-11-10-17-8-7-14(11)18-13-5-3-12(15)4-6-13/h3-8,10,16H,2,9H2,1H3. The highest BCUT2D eigenvalue weighted by molar-refractivity contribution is 9.10. The number of hydrogen-bond donors (Lipinski definition) is 1. The normalized spacial score (nSPS) is 10.3. The van der Waals surface area contributed by atoms with Gasteiger partial charge >= 0.3 is 0 Å². The Morgan fingerprint density at radius 3 is 2.72 bits per heavy atom. The van der Waals surface area contributed by atoms with Crippen molar-refractivity contribution in [3.05, 3.63) is 52.8 Å². The number of aromatic nitrogens is 1. The third-order valence-corrected chi connectivity index (χ3v) is 2.99. The Labute approximate surface area is 115 Å². The largest absolute Gasteiger partial charge is 0.457 e. The molecule has 0 saturated heterocycles. The summed E-state index contributed by atoms with van der Waals surface area (Å²) in [6.45, 7) is 3.76. The van der Waals surface area contributed by atoms with Crippen molar-refractivity contribution in [2.75, 3.05) is 6.54 Å². The van der Waals surface area contributed by atoms with Gasteiger partial charge in [-0.3, -0.25) is 4.98 Å². The van der Waals surface area contributed by atoms with Gasteiger partial charge in [-0.1, -0.05) is 22.9 Å². The van der Waals surface area contributed by atoms with Gasteiger partial charge in [0.2, 0.25) is 0 Å². The lowest BCUT2D eigenvalue weighted by Gasteiger charge is -2.10. The molecule has 1 aromatic carbocycles. The van der Waals surface area contributed by atoms with E-state index in [4.69, 9.17) is 4.74 Å². The molecule has 3 nitrogen and oxygen atoms in total. The van der Waals surface area contributed by atoms with E-state index in [2.05, 4.69) is 33.2 Å². The van der Waals surface area contributed by atoms with E-state index >= 15 is 0 Å². The van der Waals surface area contributed by atoms with Crippen LogP contribution in [0.15, 0.2) is 47.2 Å². The minimum atomic E-state index is 0.760. The van der Waals surface area contributed by atoms with Crippen molar-refractivity contribution >= 4 is 15.9 Å². The second kappa shape index (κ2) is 6.52. The predicted octanol–water partition coefficient (Wildman–Crippen LogP) is 3.75. The van der Waals surface area contributed by atoms with Gasteiger partial charge in [-0.2, -0.15) is 0 Å². The number of nitrogens with zero attached hydrogens (tertiary/aromatic N) is 1. The Balaban J connectivity index is 2.15. The van der Waals surface area contributed by atoms with Gasteiger partial charge in [0.1, 0.15) is 11.5 Å². The van der Waals surface area contributed by atoms with Crippen LogP contribution < -0.4 is 10.1 Å². The molecule has 1 aromatic heterocycles. The molecule has 2 aromatic rings. The number of benzene rings is 1. The van der Waals surface area contributed by atoms with E-state index in [1.807, 2.05) is 36.5 Å². The van der Waals surface area contributed by atoms with Crippen LogP contribution in [-0.4, -0.2) is 11.5 Å². The van der Waals surface area contributed by atoms with Crippen molar-refractivity contribution < 1.29 is 4.74 Å². The fourth-order valence-corrected chi connectivity index (χ4v) is 1.80. The first kappa shape index (κ1) is 13.1. The molecule has 0 spiro atoms. The predicted molar refractivity (Wildman–Crippen MR) is 75.8 cm³/mol. The Morgan fingerprint density at radius 1 is 1.22 bits per heavy atom. The third-order valence-electron chi connectivity index (χ3n) is 2.47. The van der Waals surface area contributed by atoms with Crippen LogP contribution in [0.3, 0.4) is 0 Å². The van der Waals surface area contributed by atoms with Gasteiger partial charge in [0.25, 0.3) is 0 Å². The van der Waals surface area contributed by atoms with Gasteiger partial charge in [0.15, 0.2) is 0 Å². The summed E-state index contributed by atoms with van der Waals surface area (Å²) < 4.78 is 6.90. The van der Waals surface area contributed by atoms with Crippen molar-refractivity contribution in [2.45, 2.75) is 13.5 Å². The van der Waals surface area contributed by atoms with Gasteiger partial charge in [0.05, 0.1) is 0 Å². The summed E-state index contributed by atoms with van der Waals surface area (Å²) in [6.07, 6.45) is 3.57. The summed E-state index contributed by atoms with van der Waals surface area (Å²) >= 11 is 3.40. The molecule has 1 heterocycles. The third kappa shape index (κ3) is 3.55. The molecule has 0 amide bonds. The number of rotatable bonds is 5. The van der Waals surface area contributed by atoms with Gasteiger partial charge in [-0.05, 0) is 36.9 Å². The summed E-state index contributed by atoms with van der Waals surface area (Å²) in [5, 5.41) is 3.27. The summed E-state index contributed by atoms with van der Waals surface area (Å²) in [4.78, 5) is 4.13. The number of hydrogen-bond acceptors (Lipinski definition) is 3. The Hall–Kier alpha value is -1.39. The first-order chi connectivity index (χ1) is 8.79. The molecule has 94 valence electrons. The van der Waals surface area contributed by atoms with E-state index in [9.17, 15) is 0 Å². The second-order valence-corrected chi connectivity index (χ2v) is 4.74. The molecule has 0 radical (unpaired) electrons. The summed E-state index contributed by atoms with van der Waals surface area (Å²) in [6, 6.07) is 9.67. The van der Waals surface area contributed by atoms with Crippen LogP contribution in [-0.2, 0) is 6.54 Å². The first-order valence-corrected chi connectivity index (χ1v) is 6.66. The maximum atomic E-state index is 5.86. The zero-order valence-electron chi connectivity index (χ0n) is 10.2. The van der Waals surface area contributed by atoms with Crippen molar-refractivity contribution in [1.29, 1.82) is 0 Å². The van der Waals surface area contributed by atoms with Crippen molar-refractivity contribution in [1.82, 2.24) is 10.3 Å². The van der Waals surface area contributed by atoms with E-state index in [0.717, 1.165) is 34.6 Å². The molecular weight excluding hydrogens is 292 g/mol. The Bertz CT molecular complexity index is 499. The van der Waals surface area contributed by atoms with E-state index in [0.29, 0.717) is 0 Å². The maximum Gasteiger partial charge on any atom is 0.134 e. The topological polar surface area (TPSA) is 34.2 Å². The molecule has 0 aliphatic carbocycles. The van der Waals surface area contributed by atoms with Gasteiger partial charge in [-0.15, -0.1) is 0 Å². The SMILES string of the molecule is CCNCc1cnccc1Oc1ccc(Br)cc1. The minimum Gasteiger partial charge on any atom is -0.457 e. The molecule has 0 aliphatic rings. The molecule has 0 aliphatic heterocycles. The summed E-state index contributed by atoms with van der Waals surface area (Å²) in [5.41, 5.74) is 1.06. The van der Waals surface area contributed by atoms with Crippen molar-refractivity contribution in [2.24, 2.45) is 0 Å². The van der Waals surface area contributed by atoms with Gasteiger partial charge in [0, 0.05) is 29.0 Å². The first-order valence-electron chi connectivity index (χ1n) is 5.86. The van der Waals surface area contributed by atoms with Crippen molar-refractivity contribution in [3.8, 4) is 11.5 Å². The molecule has 0 bridgehead atoms. The zero-order chi connectivity index (χ0) is 12.8. The van der Waals surface area contributed by atoms with E-state index < -0.39 is 0 Å². The van der Waals surface area contributed by atoms with Crippen LogP contribution in [0.2, 0.25) is 0 Å². The Morgan fingerprint density at radius 2 is 2.00 bits per heavy atom. The van der Waals surface area contributed by atoms with Crippen LogP contribution >= 0.6 is 15.9 Å². The number of ether oxygens (including phenoxy) is 1. The molecule has 0 atom stereocenters. The fourth-order valence-electron chi connectivity index (χ4n) is 1.54. The monoisotopic (exact) mass is 306 g/mol. The second-order valence-electron chi connectivity index (χ2n) is 3.82. The number of halogens is 1. The summed E-state index contributed by atoms with van der Waals surface area (Å²) in [7, 11) is 0. The van der Waals surface area contributed by atoms with Gasteiger partial charge in [-0.25, -0.2) is 0 Å².